The van der Waals surface area contributed by atoms with Crippen molar-refractivity contribution in [2.24, 2.45) is 11.8 Å². The van der Waals surface area contributed by atoms with E-state index in [0.717, 1.165) is 32.2 Å². The summed E-state index contributed by atoms with van der Waals surface area (Å²) in [7, 11) is 1.80. The molecule has 0 radical (unpaired) electrons. The van der Waals surface area contributed by atoms with Gasteiger partial charge >= 0.3 is 6.09 Å². The molecule has 0 aromatic carbocycles. The quantitative estimate of drug-likeness (QED) is 0.845. The molecule has 0 aromatic rings. The highest BCUT2D eigenvalue weighted by Crippen LogP contribution is 2.29. The van der Waals surface area contributed by atoms with Crippen LogP contribution >= 0.6 is 0 Å². The van der Waals surface area contributed by atoms with Gasteiger partial charge in [-0.2, -0.15) is 0 Å². The molecule has 0 saturated heterocycles. The second-order valence-corrected chi connectivity index (χ2v) is 6.43. The minimum Gasteiger partial charge on any atom is -0.444 e. The maximum atomic E-state index is 11.8. The third-order valence-corrected chi connectivity index (χ3v) is 3.46. The number of aliphatic hydroxyl groups is 1. The molecule has 0 unspecified atom stereocenters. The Morgan fingerprint density at radius 3 is 2.17 bits per heavy atom. The van der Waals surface area contributed by atoms with Gasteiger partial charge in [0, 0.05) is 20.2 Å². The van der Waals surface area contributed by atoms with Gasteiger partial charge in [-0.05, 0) is 58.3 Å². The van der Waals surface area contributed by atoms with E-state index >= 15 is 0 Å². The van der Waals surface area contributed by atoms with Crippen LogP contribution < -0.4 is 0 Å². The standard InChI is InChI=1S/C14H27NO3/c1-14(2,3)18-13(17)15(4)9-11-5-7-12(10-16)8-6-11/h11-12,16H,5-10H2,1-4H3/t11-,12-. The van der Waals surface area contributed by atoms with Gasteiger partial charge in [0.15, 0.2) is 0 Å². The molecule has 4 nitrogen and oxygen atoms in total. The Balaban J connectivity index is 2.32. The highest BCUT2D eigenvalue weighted by Gasteiger charge is 2.25. The first-order valence-electron chi connectivity index (χ1n) is 6.87. The van der Waals surface area contributed by atoms with E-state index in [4.69, 9.17) is 9.84 Å². The minimum atomic E-state index is -0.431. The average molecular weight is 257 g/mol. The first-order valence-corrected chi connectivity index (χ1v) is 6.87. The Morgan fingerprint density at radius 1 is 1.22 bits per heavy atom. The van der Waals surface area contributed by atoms with Gasteiger partial charge in [-0.25, -0.2) is 4.79 Å². The van der Waals surface area contributed by atoms with Gasteiger partial charge in [0.05, 0.1) is 0 Å². The second-order valence-electron chi connectivity index (χ2n) is 6.43. The maximum Gasteiger partial charge on any atom is 0.410 e. The van der Waals surface area contributed by atoms with Crippen LogP contribution in [0, 0.1) is 11.8 Å². The van der Waals surface area contributed by atoms with Crippen LogP contribution in [0.4, 0.5) is 4.79 Å². The van der Waals surface area contributed by atoms with Crippen molar-refractivity contribution in [3.05, 3.63) is 0 Å². The summed E-state index contributed by atoms with van der Waals surface area (Å²) in [4.78, 5) is 13.5. The topological polar surface area (TPSA) is 49.8 Å². The van der Waals surface area contributed by atoms with Crippen molar-refractivity contribution in [3.8, 4) is 0 Å². The molecule has 106 valence electrons. The van der Waals surface area contributed by atoms with Crippen LogP contribution in [0.5, 0.6) is 0 Å². The molecule has 4 heteroatoms. The average Bonchev–Trinajstić information content (AvgIpc) is 2.27. The van der Waals surface area contributed by atoms with Crippen molar-refractivity contribution in [1.29, 1.82) is 0 Å². The first-order chi connectivity index (χ1) is 8.31. The van der Waals surface area contributed by atoms with Gasteiger partial charge in [-0.15, -0.1) is 0 Å². The Bertz CT molecular complexity index is 265. The number of hydrogen-bond acceptors (Lipinski definition) is 3. The molecule has 1 amide bonds. The number of rotatable bonds is 3. The zero-order chi connectivity index (χ0) is 13.8. The fourth-order valence-corrected chi connectivity index (χ4v) is 2.40. The fourth-order valence-electron chi connectivity index (χ4n) is 2.40. The van der Waals surface area contributed by atoms with E-state index in [9.17, 15) is 4.79 Å². The number of nitrogens with zero attached hydrogens (tertiary/aromatic N) is 1. The van der Waals surface area contributed by atoms with Crippen LogP contribution in [0.2, 0.25) is 0 Å². The lowest BCUT2D eigenvalue weighted by Gasteiger charge is -2.31. The predicted octanol–water partition coefficient (Wildman–Crippen LogP) is 2.65. The fraction of sp³-hybridized carbons (Fsp3) is 0.929. The van der Waals surface area contributed by atoms with E-state index < -0.39 is 5.60 Å². The Morgan fingerprint density at radius 2 is 1.72 bits per heavy atom. The summed E-state index contributed by atoms with van der Waals surface area (Å²) in [6.45, 7) is 6.70. The zero-order valence-electron chi connectivity index (χ0n) is 12.1. The van der Waals surface area contributed by atoms with Crippen molar-refractivity contribution >= 4 is 6.09 Å². The molecule has 1 aliphatic rings. The van der Waals surface area contributed by atoms with Crippen LogP contribution in [0.25, 0.3) is 0 Å². The number of hydrogen-bond donors (Lipinski definition) is 1. The highest BCUT2D eigenvalue weighted by atomic mass is 16.6. The van der Waals surface area contributed by atoms with Crippen LogP contribution in [-0.4, -0.2) is 41.9 Å². The second kappa shape index (κ2) is 6.41. The van der Waals surface area contributed by atoms with E-state index in [0.29, 0.717) is 18.4 Å². The summed E-state index contributed by atoms with van der Waals surface area (Å²) >= 11 is 0. The Labute approximate surface area is 110 Å². The molecule has 0 spiro atoms. The third kappa shape index (κ3) is 5.25. The van der Waals surface area contributed by atoms with E-state index in [2.05, 4.69) is 0 Å². The monoisotopic (exact) mass is 257 g/mol. The lowest BCUT2D eigenvalue weighted by molar-refractivity contribution is 0.0252. The third-order valence-electron chi connectivity index (χ3n) is 3.46. The summed E-state index contributed by atoms with van der Waals surface area (Å²) < 4.78 is 5.33. The highest BCUT2D eigenvalue weighted by molar-refractivity contribution is 5.67. The molecular formula is C14H27NO3. The zero-order valence-corrected chi connectivity index (χ0v) is 12.1. The molecule has 1 N–H and O–H groups in total. The van der Waals surface area contributed by atoms with Crippen molar-refractivity contribution in [2.75, 3.05) is 20.2 Å². The Kier molecular flexibility index (Phi) is 5.45. The summed E-state index contributed by atoms with van der Waals surface area (Å²) in [5, 5.41) is 9.09. The molecule has 1 aliphatic carbocycles. The molecule has 0 aromatic heterocycles. The van der Waals surface area contributed by atoms with Gasteiger partial charge in [-0.3, -0.25) is 0 Å². The van der Waals surface area contributed by atoms with E-state index in [1.807, 2.05) is 20.8 Å². The molecule has 0 bridgehead atoms. The van der Waals surface area contributed by atoms with Gasteiger partial charge in [0.25, 0.3) is 0 Å². The van der Waals surface area contributed by atoms with Crippen molar-refractivity contribution in [3.63, 3.8) is 0 Å². The predicted molar refractivity (Wildman–Crippen MR) is 71.4 cm³/mol. The molecule has 0 heterocycles. The Hall–Kier alpha value is -0.770. The number of carbonyl (C=O) groups excluding carboxylic acids is 1. The van der Waals surface area contributed by atoms with Gasteiger partial charge in [0.2, 0.25) is 0 Å². The van der Waals surface area contributed by atoms with Crippen LogP contribution in [-0.2, 0) is 4.74 Å². The minimum absolute atomic E-state index is 0.244. The number of carbonyl (C=O) groups is 1. The van der Waals surface area contributed by atoms with Crippen molar-refractivity contribution in [1.82, 2.24) is 4.90 Å². The molecule has 18 heavy (non-hydrogen) atoms. The van der Waals surface area contributed by atoms with Gasteiger partial charge in [-0.1, -0.05) is 0 Å². The maximum absolute atomic E-state index is 11.8. The normalized spacial score (nSPS) is 24.7. The molecule has 0 aliphatic heterocycles. The van der Waals surface area contributed by atoms with E-state index in [1.165, 1.54) is 0 Å². The summed E-state index contributed by atoms with van der Waals surface area (Å²) in [6.07, 6.45) is 4.09. The van der Waals surface area contributed by atoms with Crippen molar-refractivity contribution < 1.29 is 14.6 Å². The molecule has 0 atom stereocenters. The van der Waals surface area contributed by atoms with Gasteiger partial charge < -0.3 is 14.7 Å². The largest absolute Gasteiger partial charge is 0.444 e. The SMILES string of the molecule is CN(C[C@H]1CC[C@H](CO)CC1)C(=O)OC(C)(C)C. The molecule has 1 fully saturated rings. The van der Waals surface area contributed by atoms with Crippen LogP contribution in [0.3, 0.4) is 0 Å². The lowest BCUT2D eigenvalue weighted by atomic mass is 9.82. The van der Waals surface area contributed by atoms with Gasteiger partial charge in [0.1, 0.15) is 5.60 Å². The molecular weight excluding hydrogens is 230 g/mol. The van der Waals surface area contributed by atoms with Crippen molar-refractivity contribution in [2.45, 2.75) is 52.1 Å². The van der Waals surface area contributed by atoms with E-state index in [1.54, 1.807) is 11.9 Å². The number of ether oxygens (including phenoxy) is 1. The van der Waals surface area contributed by atoms with Crippen LogP contribution in [0.15, 0.2) is 0 Å². The lowest BCUT2D eigenvalue weighted by Crippen LogP contribution is -2.37. The number of amides is 1. The summed E-state index contributed by atoms with van der Waals surface area (Å²) in [5.74, 6) is 1.01. The van der Waals surface area contributed by atoms with E-state index in [-0.39, 0.29) is 6.09 Å². The summed E-state index contributed by atoms with van der Waals surface area (Å²) in [5.41, 5.74) is -0.431. The number of aliphatic hydroxyl groups excluding tert-OH is 1. The van der Waals surface area contributed by atoms with Crippen LogP contribution in [0.1, 0.15) is 46.5 Å². The molecule has 1 saturated carbocycles. The molecule has 1 rings (SSSR count). The first kappa shape index (κ1) is 15.3. The summed E-state index contributed by atoms with van der Waals surface area (Å²) in [6, 6.07) is 0. The smallest absolute Gasteiger partial charge is 0.410 e.